The van der Waals surface area contributed by atoms with Crippen LogP contribution in [0.25, 0.3) is 0 Å². The molecule has 1 heterocycles. The van der Waals surface area contributed by atoms with Crippen molar-refractivity contribution in [3.63, 3.8) is 0 Å². The lowest BCUT2D eigenvalue weighted by atomic mass is 9.87. The van der Waals surface area contributed by atoms with Crippen LogP contribution in [-0.4, -0.2) is 33.9 Å². The normalized spacial score (nSPS) is 23.3. The molecule has 1 aliphatic carbocycles. The van der Waals surface area contributed by atoms with Crippen LogP contribution in [0.15, 0.2) is 0 Å². The van der Waals surface area contributed by atoms with Crippen LogP contribution in [0.5, 0.6) is 0 Å². The minimum Gasteiger partial charge on any atom is -0.393 e. The third kappa shape index (κ3) is 3.80. The molecule has 5 nitrogen and oxygen atoms in total. The van der Waals surface area contributed by atoms with Crippen molar-refractivity contribution >= 4 is 5.91 Å². The maximum atomic E-state index is 11.9. The van der Waals surface area contributed by atoms with Crippen molar-refractivity contribution < 1.29 is 9.90 Å². The number of nitrogens with zero attached hydrogens (tertiary/aromatic N) is 1. The molecular formula is C14H23N3O2. The number of rotatable bonds is 4. The van der Waals surface area contributed by atoms with Gasteiger partial charge in [-0.25, -0.2) is 0 Å². The van der Waals surface area contributed by atoms with E-state index >= 15 is 0 Å². The van der Waals surface area contributed by atoms with E-state index in [9.17, 15) is 9.90 Å². The number of H-pyrrole nitrogens is 1. The van der Waals surface area contributed by atoms with Gasteiger partial charge < -0.3 is 10.4 Å². The van der Waals surface area contributed by atoms with Crippen LogP contribution in [0, 0.1) is 19.8 Å². The summed E-state index contributed by atoms with van der Waals surface area (Å²) >= 11 is 0. The third-order valence-corrected chi connectivity index (χ3v) is 4.02. The number of aromatic nitrogens is 2. The zero-order valence-corrected chi connectivity index (χ0v) is 11.7. The van der Waals surface area contributed by atoms with Crippen LogP contribution in [0.2, 0.25) is 0 Å². The fourth-order valence-electron chi connectivity index (χ4n) is 2.66. The van der Waals surface area contributed by atoms with Crippen molar-refractivity contribution in [1.82, 2.24) is 15.5 Å². The van der Waals surface area contributed by atoms with Gasteiger partial charge in [-0.1, -0.05) is 0 Å². The highest BCUT2D eigenvalue weighted by Gasteiger charge is 2.20. The minimum atomic E-state index is -0.136. The zero-order chi connectivity index (χ0) is 13.8. The van der Waals surface area contributed by atoms with Crippen molar-refractivity contribution in [3.05, 3.63) is 17.0 Å². The van der Waals surface area contributed by atoms with E-state index in [0.29, 0.717) is 12.3 Å². The molecule has 0 bridgehead atoms. The average Bonchev–Trinajstić information content (AvgIpc) is 2.70. The average molecular weight is 265 g/mol. The third-order valence-electron chi connectivity index (χ3n) is 4.02. The standard InChI is InChI=1S/C14H23N3O2/c1-9-13(10(2)17-16-9)7-14(19)15-8-11-3-5-12(18)6-4-11/h11-12,18H,3-8H2,1-2H3,(H,15,19)(H,16,17). The fraction of sp³-hybridized carbons (Fsp3) is 0.714. The van der Waals surface area contributed by atoms with Gasteiger partial charge in [-0.3, -0.25) is 9.89 Å². The molecule has 19 heavy (non-hydrogen) atoms. The number of aliphatic hydroxyl groups is 1. The Morgan fingerprint density at radius 1 is 1.37 bits per heavy atom. The largest absolute Gasteiger partial charge is 0.393 e. The summed E-state index contributed by atoms with van der Waals surface area (Å²) < 4.78 is 0. The van der Waals surface area contributed by atoms with Crippen molar-refractivity contribution in [2.24, 2.45) is 5.92 Å². The molecule has 1 fully saturated rings. The Bertz CT molecular complexity index is 414. The number of carbonyl (C=O) groups excluding carboxylic acids is 1. The summed E-state index contributed by atoms with van der Waals surface area (Å²) in [5.41, 5.74) is 2.86. The Morgan fingerprint density at radius 3 is 2.63 bits per heavy atom. The first-order chi connectivity index (χ1) is 9.06. The number of aromatic amines is 1. The molecular weight excluding hydrogens is 242 g/mol. The van der Waals surface area contributed by atoms with Crippen LogP contribution in [0.3, 0.4) is 0 Å². The first-order valence-electron chi connectivity index (χ1n) is 7.01. The Labute approximate surface area is 113 Å². The molecule has 0 unspecified atom stereocenters. The van der Waals surface area contributed by atoms with Crippen molar-refractivity contribution in [3.8, 4) is 0 Å². The molecule has 1 saturated carbocycles. The van der Waals surface area contributed by atoms with Crippen molar-refractivity contribution in [2.75, 3.05) is 6.54 Å². The van der Waals surface area contributed by atoms with Gasteiger partial charge in [-0.05, 0) is 45.4 Å². The van der Waals surface area contributed by atoms with Gasteiger partial charge in [0.15, 0.2) is 0 Å². The summed E-state index contributed by atoms with van der Waals surface area (Å²) in [7, 11) is 0. The van der Waals surface area contributed by atoms with Gasteiger partial charge in [0, 0.05) is 17.8 Å². The molecule has 0 saturated heterocycles. The van der Waals surface area contributed by atoms with Crippen LogP contribution >= 0.6 is 0 Å². The molecule has 1 amide bonds. The molecule has 1 aliphatic rings. The monoisotopic (exact) mass is 265 g/mol. The Balaban J connectivity index is 1.76. The quantitative estimate of drug-likeness (QED) is 0.766. The molecule has 0 aromatic carbocycles. The fourth-order valence-corrected chi connectivity index (χ4v) is 2.66. The molecule has 1 aromatic heterocycles. The summed E-state index contributed by atoms with van der Waals surface area (Å²) in [6.45, 7) is 4.57. The second-order valence-corrected chi connectivity index (χ2v) is 5.57. The molecule has 3 N–H and O–H groups in total. The minimum absolute atomic E-state index is 0.0544. The van der Waals surface area contributed by atoms with E-state index in [1.165, 1.54) is 0 Å². The van der Waals surface area contributed by atoms with Crippen LogP contribution in [-0.2, 0) is 11.2 Å². The van der Waals surface area contributed by atoms with Crippen LogP contribution in [0.1, 0.15) is 42.6 Å². The van der Waals surface area contributed by atoms with Gasteiger partial charge in [-0.15, -0.1) is 0 Å². The van der Waals surface area contributed by atoms with E-state index in [1.54, 1.807) is 0 Å². The number of aliphatic hydroxyl groups excluding tert-OH is 1. The van der Waals surface area contributed by atoms with Gasteiger partial charge in [0.05, 0.1) is 18.2 Å². The molecule has 1 aromatic rings. The number of hydrogen-bond acceptors (Lipinski definition) is 3. The highest BCUT2D eigenvalue weighted by Crippen LogP contribution is 2.23. The Hall–Kier alpha value is -1.36. The number of carbonyl (C=O) groups is 1. The van der Waals surface area contributed by atoms with E-state index in [1.807, 2.05) is 13.8 Å². The van der Waals surface area contributed by atoms with Gasteiger partial charge in [-0.2, -0.15) is 5.10 Å². The van der Waals surface area contributed by atoms with E-state index in [-0.39, 0.29) is 12.0 Å². The first kappa shape index (κ1) is 14.1. The van der Waals surface area contributed by atoms with E-state index < -0.39 is 0 Å². The van der Waals surface area contributed by atoms with Crippen molar-refractivity contribution in [1.29, 1.82) is 0 Å². The molecule has 5 heteroatoms. The maximum absolute atomic E-state index is 11.9. The zero-order valence-electron chi connectivity index (χ0n) is 11.7. The summed E-state index contributed by atoms with van der Waals surface area (Å²) in [5.74, 6) is 0.567. The van der Waals surface area contributed by atoms with Gasteiger partial charge in [0.1, 0.15) is 0 Å². The lowest BCUT2D eigenvalue weighted by molar-refractivity contribution is -0.120. The maximum Gasteiger partial charge on any atom is 0.224 e. The summed E-state index contributed by atoms with van der Waals surface area (Å²) in [4.78, 5) is 11.9. The van der Waals surface area contributed by atoms with Gasteiger partial charge in [0.2, 0.25) is 5.91 Å². The Morgan fingerprint density at radius 2 is 2.05 bits per heavy atom. The van der Waals surface area contributed by atoms with Crippen molar-refractivity contribution in [2.45, 2.75) is 52.1 Å². The lowest BCUT2D eigenvalue weighted by Gasteiger charge is -2.25. The topological polar surface area (TPSA) is 78.0 Å². The molecule has 0 spiro atoms. The number of nitrogens with one attached hydrogen (secondary N) is 2. The Kier molecular flexibility index (Phi) is 4.58. The molecule has 2 rings (SSSR count). The lowest BCUT2D eigenvalue weighted by Crippen LogP contribution is -2.33. The SMILES string of the molecule is Cc1n[nH]c(C)c1CC(=O)NCC1CCC(O)CC1. The first-order valence-corrected chi connectivity index (χ1v) is 7.01. The van der Waals surface area contributed by atoms with E-state index in [4.69, 9.17) is 0 Å². The molecule has 0 atom stereocenters. The highest BCUT2D eigenvalue weighted by molar-refractivity contribution is 5.79. The number of amides is 1. The van der Waals surface area contributed by atoms with Gasteiger partial charge in [0.25, 0.3) is 0 Å². The number of aryl methyl sites for hydroxylation is 2. The van der Waals surface area contributed by atoms with Crippen LogP contribution < -0.4 is 5.32 Å². The predicted molar refractivity (Wildman–Crippen MR) is 72.7 cm³/mol. The second kappa shape index (κ2) is 6.19. The summed E-state index contributed by atoms with van der Waals surface area (Å²) in [5, 5.41) is 19.4. The van der Waals surface area contributed by atoms with E-state index in [0.717, 1.165) is 49.2 Å². The molecule has 0 aliphatic heterocycles. The van der Waals surface area contributed by atoms with Crippen LogP contribution in [0.4, 0.5) is 0 Å². The number of hydrogen-bond donors (Lipinski definition) is 3. The van der Waals surface area contributed by atoms with Gasteiger partial charge >= 0.3 is 0 Å². The van der Waals surface area contributed by atoms with E-state index in [2.05, 4.69) is 15.5 Å². The molecule has 0 radical (unpaired) electrons. The summed E-state index contributed by atoms with van der Waals surface area (Å²) in [6, 6.07) is 0. The summed E-state index contributed by atoms with van der Waals surface area (Å²) in [6.07, 6.45) is 3.99. The predicted octanol–water partition coefficient (Wildman–Crippen LogP) is 1.24. The molecule has 106 valence electrons. The highest BCUT2D eigenvalue weighted by atomic mass is 16.3. The second-order valence-electron chi connectivity index (χ2n) is 5.57. The smallest absolute Gasteiger partial charge is 0.224 e.